The molecule has 2 N–H and O–H groups in total. The Morgan fingerprint density at radius 1 is 1.38 bits per heavy atom. The molecule has 112 valence electrons. The van der Waals surface area contributed by atoms with Crippen molar-refractivity contribution in [1.82, 2.24) is 5.32 Å². The van der Waals surface area contributed by atoms with Crippen LogP contribution in [0, 0.1) is 11.6 Å². The van der Waals surface area contributed by atoms with Gasteiger partial charge in [-0.2, -0.15) is 0 Å². The van der Waals surface area contributed by atoms with Crippen LogP contribution in [0.2, 0.25) is 0 Å². The molecule has 1 aromatic heterocycles. The molecule has 2 aromatic rings. The molecule has 21 heavy (non-hydrogen) atoms. The van der Waals surface area contributed by atoms with Crippen LogP contribution in [0.25, 0.3) is 0 Å². The topological polar surface area (TPSA) is 54.3 Å². The monoisotopic (exact) mass is 358 g/mol. The van der Waals surface area contributed by atoms with Crippen molar-refractivity contribution in [1.29, 1.82) is 0 Å². The van der Waals surface area contributed by atoms with E-state index in [0.717, 1.165) is 6.07 Å². The molecule has 0 saturated carbocycles. The van der Waals surface area contributed by atoms with E-state index < -0.39 is 17.7 Å². The number of amides is 1. The van der Waals surface area contributed by atoms with Crippen molar-refractivity contribution in [3.8, 4) is 0 Å². The molecule has 4 nitrogen and oxygen atoms in total. The molecule has 0 bridgehead atoms. The predicted octanol–water partition coefficient (Wildman–Crippen LogP) is 3.44. The Morgan fingerprint density at radius 3 is 2.81 bits per heavy atom. The van der Waals surface area contributed by atoms with Crippen LogP contribution in [0.5, 0.6) is 0 Å². The summed E-state index contributed by atoms with van der Waals surface area (Å²) in [6.07, 6.45) is 1.51. The lowest BCUT2D eigenvalue weighted by Gasteiger charge is -2.15. The highest BCUT2D eigenvalue weighted by atomic mass is 79.9. The number of furan rings is 1. The fourth-order valence-electron chi connectivity index (χ4n) is 1.67. The molecule has 0 aliphatic heterocycles. The lowest BCUT2D eigenvalue weighted by Crippen LogP contribution is -2.37. The van der Waals surface area contributed by atoms with Crippen LogP contribution >= 0.6 is 15.9 Å². The van der Waals surface area contributed by atoms with E-state index in [1.165, 1.54) is 12.3 Å². The maximum atomic E-state index is 13.6. The minimum absolute atomic E-state index is 0.0453. The van der Waals surface area contributed by atoms with Crippen molar-refractivity contribution in [2.75, 3.05) is 5.32 Å². The second-order valence-electron chi connectivity index (χ2n) is 4.41. The molecule has 0 spiro atoms. The summed E-state index contributed by atoms with van der Waals surface area (Å²) in [5.74, 6) is -1.17. The number of rotatable bonds is 5. The minimum atomic E-state index is -0.763. The summed E-state index contributed by atoms with van der Waals surface area (Å²) in [6, 6.07) is 4.76. The van der Waals surface area contributed by atoms with Gasteiger partial charge in [0, 0.05) is 6.07 Å². The first-order valence-electron chi connectivity index (χ1n) is 6.18. The summed E-state index contributed by atoms with van der Waals surface area (Å²) in [4.78, 5) is 11.9. The van der Waals surface area contributed by atoms with E-state index in [1.54, 1.807) is 19.1 Å². The summed E-state index contributed by atoms with van der Waals surface area (Å²) in [5, 5.41) is 5.34. The number of hydrogen-bond donors (Lipinski definition) is 2. The number of hydrogen-bond acceptors (Lipinski definition) is 3. The highest BCUT2D eigenvalue weighted by Gasteiger charge is 2.16. The molecule has 1 amide bonds. The van der Waals surface area contributed by atoms with Crippen molar-refractivity contribution < 1.29 is 18.0 Å². The van der Waals surface area contributed by atoms with Crippen LogP contribution in [0.15, 0.2) is 39.4 Å². The van der Waals surface area contributed by atoms with Crippen molar-refractivity contribution in [2.24, 2.45) is 0 Å². The highest BCUT2D eigenvalue weighted by Crippen LogP contribution is 2.24. The maximum absolute atomic E-state index is 13.6. The zero-order valence-electron chi connectivity index (χ0n) is 11.1. The van der Waals surface area contributed by atoms with Gasteiger partial charge in [-0.15, -0.1) is 0 Å². The Hall–Kier alpha value is -1.89. The van der Waals surface area contributed by atoms with Crippen molar-refractivity contribution >= 4 is 27.5 Å². The van der Waals surface area contributed by atoms with Gasteiger partial charge in [-0.05, 0) is 41.1 Å². The van der Waals surface area contributed by atoms with Gasteiger partial charge < -0.3 is 15.1 Å². The number of benzene rings is 1. The normalized spacial score (nSPS) is 12.0. The van der Waals surface area contributed by atoms with Crippen LogP contribution in [0.3, 0.4) is 0 Å². The quantitative estimate of drug-likeness (QED) is 0.805. The van der Waals surface area contributed by atoms with E-state index in [4.69, 9.17) is 4.42 Å². The molecular weight excluding hydrogens is 346 g/mol. The van der Waals surface area contributed by atoms with Gasteiger partial charge >= 0.3 is 0 Å². The Bertz CT molecular complexity index is 632. The lowest BCUT2D eigenvalue weighted by atomic mass is 10.2. The fourth-order valence-corrected chi connectivity index (χ4v) is 2.02. The summed E-state index contributed by atoms with van der Waals surface area (Å²) >= 11 is 2.97. The zero-order chi connectivity index (χ0) is 15.4. The lowest BCUT2D eigenvalue weighted by molar-refractivity contribution is -0.121. The van der Waals surface area contributed by atoms with Gasteiger partial charge in [0.2, 0.25) is 5.91 Å². The van der Waals surface area contributed by atoms with Gasteiger partial charge in [0.25, 0.3) is 0 Å². The van der Waals surface area contributed by atoms with E-state index in [-0.39, 0.29) is 22.6 Å². The maximum Gasteiger partial charge on any atom is 0.242 e. The Balaban J connectivity index is 1.95. The molecular formula is C14H13BrF2N2O2. The molecule has 1 unspecified atom stereocenters. The molecule has 1 atom stereocenters. The SMILES string of the molecule is CC(Nc1cc(Br)c(F)cc1F)C(=O)NCc1ccco1. The molecule has 0 radical (unpaired) electrons. The number of anilines is 1. The third kappa shape index (κ3) is 4.04. The van der Waals surface area contributed by atoms with Crippen LogP contribution in [0.4, 0.5) is 14.5 Å². The van der Waals surface area contributed by atoms with E-state index in [2.05, 4.69) is 26.6 Å². The predicted molar refractivity (Wildman–Crippen MR) is 77.7 cm³/mol. The zero-order valence-corrected chi connectivity index (χ0v) is 12.7. The van der Waals surface area contributed by atoms with Crippen LogP contribution in [-0.2, 0) is 11.3 Å². The first-order chi connectivity index (χ1) is 9.97. The average molecular weight is 359 g/mol. The van der Waals surface area contributed by atoms with Gasteiger partial charge in [-0.25, -0.2) is 8.78 Å². The van der Waals surface area contributed by atoms with Crippen molar-refractivity contribution in [2.45, 2.75) is 19.5 Å². The third-order valence-corrected chi connectivity index (χ3v) is 3.40. The van der Waals surface area contributed by atoms with Crippen LogP contribution in [-0.4, -0.2) is 11.9 Å². The van der Waals surface area contributed by atoms with Gasteiger partial charge in [0.1, 0.15) is 23.4 Å². The molecule has 1 aromatic carbocycles. The Kier molecular flexibility index (Phi) is 4.95. The molecule has 2 rings (SSSR count). The molecule has 0 aliphatic rings. The number of halogens is 3. The standard InChI is InChI=1S/C14H13BrF2N2O2/c1-8(14(20)18-7-9-3-2-4-21-9)19-13-5-10(15)11(16)6-12(13)17/h2-6,8,19H,7H2,1H3,(H,18,20). The number of nitrogens with one attached hydrogen (secondary N) is 2. The minimum Gasteiger partial charge on any atom is -0.467 e. The van der Waals surface area contributed by atoms with Crippen molar-refractivity contribution in [3.05, 3.63) is 52.4 Å². The largest absolute Gasteiger partial charge is 0.467 e. The molecule has 0 fully saturated rings. The Morgan fingerprint density at radius 2 is 2.14 bits per heavy atom. The third-order valence-electron chi connectivity index (χ3n) is 2.79. The molecule has 1 heterocycles. The smallest absolute Gasteiger partial charge is 0.242 e. The van der Waals surface area contributed by atoms with E-state index in [0.29, 0.717) is 5.76 Å². The van der Waals surface area contributed by atoms with Crippen LogP contribution in [0.1, 0.15) is 12.7 Å². The molecule has 7 heteroatoms. The van der Waals surface area contributed by atoms with E-state index >= 15 is 0 Å². The summed E-state index contributed by atoms with van der Waals surface area (Å²) < 4.78 is 31.9. The first kappa shape index (κ1) is 15.5. The first-order valence-corrected chi connectivity index (χ1v) is 6.98. The number of carbonyl (C=O) groups excluding carboxylic acids is 1. The highest BCUT2D eigenvalue weighted by molar-refractivity contribution is 9.10. The van der Waals surface area contributed by atoms with Gasteiger partial charge in [-0.1, -0.05) is 0 Å². The number of carbonyl (C=O) groups is 1. The molecule has 0 saturated heterocycles. The second kappa shape index (κ2) is 6.71. The Labute approximate surface area is 128 Å². The summed E-state index contributed by atoms with van der Waals surface area (Å²) in [7, 11) is 0. The van der Waals surface area contributed by atoms with Gasteiger partial charge in [-0.3, -0.25) is 4.79 Å². The van der Waals surface area contributed by atoms with E-state index in [9.17, 15) is 13.6 Å². The van der Waals surface area contributed by atoms with Gasteiger partial charge in [0.05, 0.1) is 23.0 Å². The molecule has 0 aliphatic carbocycles. The van der Waals surface area contributed by atoms with Crippen LogP contribution < -0.4 is 10.6 Å². The van der Waals surface area contributed by atoms with E-state index in [1.807, 2.05) is 0 Å². The average Bonchev–Trinajstić information content (AvgIpc) is 2.95. The fraction of sp³-hybridized carbons (Fsp3) is 0.214. The summed E-state index contributed by atoms with van der Waals surface area (Å²) in [5.41, 5.74) is 0.0453. The van der Waals surface area contributed by atoms with Crippen molar-refractivity contribution in [3.63, 3.8) is 0 Å². The second-order valence-corrected chi connectivity index (χ2v) is 5.26. The van der Waals surface area contributed by atoms with Gasteiger partial charge in [0.15, 0.2) is 0 Å². The summed E-state index contributed by atoms with van der Waals surface area (Å²) in [6.45, 7) is 1.82.